The third-order valence-corrected chi connectivity index (χ3v) is 2.56. The minimum Gasteiger partial charge on any atom is -0.489 e. The van der Waals surface area contributed by atoms with Crippen LogP contribution in [0.2, 0.25) is 0 Å². The van der Waals surface area contributed by atoms with Gasteiger partial charge in [-0.15, -0.1) is 0 Å². The molecule has 0 aliphatic rings. The van der Waals surface area contributed by atoms with Gasteiger partial charge in [-0.25, -0.2) is 10.8 Å². The number of aromatic nitrogens is 1. The first-order valence-electron chi connectivity index (χ1n) is 5.64. The van der Waals surface area contributed by atoms with Crippen LogP contribution in [0.5, 0.6) is 5.75 Å². The number of nitrogens with zero attached hydrogens (tertiary/aromatic N) is 1. The number of primary amides is 1. The molecule has 0 unspecified atom stereocenters. The van der Waals surface area contributed by atoms with Gasteiger partial charge in [0.1, 0.15) is 18.2 Å². The van der Waals surface area contributed by atoms with Crippen LogP contribution in [0.3, 0.4) is 0 Å². The van der Waals surface area contributed by atoms with Gasteiger partial charge in [0.25, 0.3) is 0 Å². The van der Waals surface area contributed by atoms with Gasteiger partial charge in [0.05, 0.1) is 0 Å². The maximum atomic E-state index is 10.9. The number of carbonyl (C=O) groups is 1. The molecule has 1 aromatic carbocycles. The van der Waals surface area contributed by atoms with Crippen molar-refractivity contribution in [3.8, 4) is 5.75 Å². The second-order valence-corrected chi connectivity index (χ2v) is 3.83. The van der Waals surface area contributed by atoms with Crippen LogP contribution < -0.4 is 21.7 Å². The minimum absolute atomic E-state index is 0.323. The van der Waals surface area contributed by atoms with Crippen molar-refractivity contribution < 1.29 is 9.53 Å². The van der Waals surface area contributed by atoms with Gasteiger partial charge in [-0.2, -0.15) is 0 Å². The second kappa shape index (κ2) is 5.83. The zero-order valence-corrected chi connectivity index (χ0v) is 10.2. The Kier molecular flexibility index (Phi) is 3.94. The summed E-state index contributed by atoms with van der Waals surface area (Å²) in [6.07, 6.45) is 1.64. The van der Waals surface area contributed by atoms with E-state index in [0.29, 0.717) is 23.7 Å². The number of anilines is 1. The Morgan fingerprint density at radius 1 is 1.26 bits per heavy atom. The lowest BCUT2D eigenvalue weighted by atomic mass is 10.2. The van der Waals surface area contributed by atoms with Crippen LogP contribution >= 0.6 is 0 Å². The summed E-state index contributed by atoms with van der Waals surface area (Å²) in [7, 11) is 0. The molecule has 0 bridgehead atoms. The second-order valence-electron chi connectivity index (χ2n) is 3.83. The van der Waals surface area contributed by atoms with Crippen LogP contribution in [0.4, 0.5) is 5.82 Å². The number of nitrogens with one attached hydrogen (secondary N) is 1. The van der Waals surface area contributed by atoms with E-state index in [0.717, 1.165) is 5.56 Å². The van der Waals surface area contributed by atoms with E-state index < -0.39 is 5.91 Å². The number of amides is 1. The van der Waals surface area contributed by atoms with E-state index in [2.05, 4.69) is 10.4 Å². The molecule has 5 N–H and O–H groups in total. The maximum absolute atomic E-state index is 10.9. The number of pyridine rings is 1. The molecule has 19 heavy (non-hydrogen) atoms. The first-order valence-corrected chi connectivity index (χ1v) is 5.64. The smallest absolute Gasteiger partial charge is 0.248 e. The number of hydrogen-bond donors (Lipinski definition) is 3. The van der Waals surface area contributed by atoms with E-state index in [1.807, 2.05) is 6.07 Å². The van der Waals surface area contributed by atoms with Gasteiger partial charge in [0, 0.05) is 17.3 Å². The Morgan fingerprint density at radius 2 is 2.00 bits per heavy atom. The van der Waals surface area contributed by atoms with Gasteiger partial charge in [0.2, 0.25) is 5.91 Å². The van der Waals surface area contributed by atoms with E-state index >= 15 is 0 Å². The quantitative estimate of drug-likeness (QED) is 0.549. The molecule has 6 nitrogen and oxygen atoms in total. The summed E-state index contributed by atoms with van der Waals surface area (Å²) >= 11 is 0. The molecule has 0 atom stereocenters. The predicted molar refractivity (Wildman–Crippen MR) is 71.3 cm³/mol. The number of hydrogen-bond acceptors (Lipinski definition) is 5. The molecule has 1 heterocycles. The summed E-state index contributed by atoms with van der Waals surface area (Å²) in [5.41, 5.74) is 8.94. The molecule has 1 aromatic heterocycles. The fraction of sp³-hybridized carbons (Fsp3) is 0.0769. The normalized spacial score (nSPS) is 9.95. The number of carbonyl (C=O) groups excluding carboxylic acids is 1. The number of ether oxygens (including phenoxy) is 1. The third kappa shape index (κ3) is 3.20. The van der Waals surface area contributed by atoms with Gasteiger partial charge in [-0.3, -0.25) is 4.79 Å². The standard InChI is InChI=1S/C13H14N4O2/c14-12(18)9-3-5-11(6-4-9)19-8-10-2-1-7-16-13(10)17-15/h1-7H,8,15H2,(H2,14,18)(H,16,17). The lowest BCUT2D eigenvalue weighted by Gasteiger charge is -2.09. The number of benzene rings is 1. The highest BCUT2D eigenvalue weighted by Crippen LogP contribution is 2.16. The zero-order valence-electron chi connectivity index (χ0n) is 10.2. The molecule has 0 saturated carbocycles. The lowest BCUT2D eigenvalue weighted by Crippen LogP contribution is -2.12. The molecular weight excluding hydrogens is 244 g/mol. The number of nitrogens with two attached hydrogens (primary N) is 2. The fourth-order valence-corrected chi connectivity index (χ4v) is 1.56. The number of rotatable bonds is 5. The van der Waals surface area contributed by atoms with E-state index in [-0.39, 0.29) is 0 Å². The lowest BCUT2D eigenvalue weighted by molar-refractivity contribution is 0.100. The fourth-order valence-electron chi connectivity index (χ4n) is 1.56. The Bertz CT molecular complexity index is 569. The summed E-state index contributed by atoms with van der Waals surface area (Å²) in [5.74, 6) is 6.09. The SMILES string of the molecule is NNc1ncccc1COc1ccc(C(N)=O)cc1. The third-order valence-electron chi connectivity index (χ3n) is 2.56. The summed E-state index contributed by atoms with van der Waals surface area (Å²) in [5, 5.41) is 0. The Morgan fingerprint density at radius 3 is 2.63 bits per heavy atom. The van der Waals surface area contributed by atoms with Gasteiger partial charge < -0.3 is 15.9 Å². The highest BCUT2D eigenvalue weighted by atomic mass is 16.5. The van der Waals surface area contributed by atoms with Gasteiger partial charge in [0.15, 0.2) is 0 Å². The van der Waals surface area contributed by atoms with Crippen molar-refractivity contribution in [2.75, 3.05) is 5.43 Å². The molecule has 6 heteroatoms. The highest BCUT2D eigenvalue weighted by Gasteiger charge is 2.04. The zero-order chi connectivity index (χ0) is 13.7. The van der Waals surface area contributed by atoms with Crippen molar-refractivity contribution in [1.82, 2.24) is 4.98 Å². The van der Waals surface area contributed by atoms with Crippen molar-refractivity contribution in [3.05, 3.63) is 53.7 Å². The Labute approximate surface area is 110 Å². The van der Waals surface area contributed by atoms with Crippen molar-refractivity contribution in [3.63, 3.8) is 0 Å². The van der Waals surface area contributed by atoms with Gasteiger partial charge in [-0.1, -0.05) is 6.07 Å². The largest absolute Gasteiger partial charge is 0.489 e. The number of hydrazine groups is 1. The van der Waals surface area contributed by atoms with Crippen molar-refractivity contribution in [2.24, 2.45) is 11.6 Å². The molecule has 2 aromatic rings. The highest BCUT2D eigenvalue weighted by molar-refractivity contribution is 5.92. The summed E-state index contributed by atoms with van der Waals surface area (Å²) in [6, 6.07) is 10.3. The van der Waals surface area contributed by atoms with Crippen molar-refractivity contribution >= 4 is 11.7 Å². The Hall–Kier alpha value is -2.60. The van der Waals surface area contributed by atoms with Crippen molar-refractivity contribution in [2.45, 2.75) is 6.61 Å². The van der Waals surface area contributed by atoms with Crippen LogP contribution in [0.1, 0.15) is 15.9 Å². The molecule has 0 fully saturated rings. The van der Waals surface area contributed by atoms with Crippen LogP contribution in [-0.4, -0.2) is 10.9 Å². The topological polar surface area (TPSA) is 103 Å². The first-order chi connectivity index (χ1) is 9.20. The van der Waals surface area contributed by atoms with E-state index in [1.165, 1.54) is 0 Å². The van der Waals surface area contributed by atoms with E-state index in [1.54, 1.807) is 36.5 Å². The molecule has 0 spiro atoms. The molecule has 0 aliphatic carbocycles. The molecule has 2 rings (SSSR count). The van der Waals surface area contributed by atoms with Crippen LogP contribution in [0.25, 0.3) is 0 Å². The summed E-state index contributed by atoms with van der Waals surface area (Å²) < 4.78 is 5.58. The molecule has 98 valence electrons. The molecule has 1 amide bonds. The van der Waals surface area contributed by atoms with Crippen LogP contribution in [-0.2, 0) is 6.61 Å². The van der Waals surface area contributed by atoms with Gasteiger partial charge >= 0.3 is 0 Å². The van der Waals surface area contributed by atoms with Crippen molar-refractivity contribution in [1.29, 1.82) is 0 Å². The molecule has 0 aliphatic heterocycles. The number of nitrogen functional groups attached to an aromatic ring is 1. The molecular formula is C13H14N4O2. The van der Waals surface area contributed by atoms with E-state index in [4.69, 9.17) is 16.3 Å². The monoisotopic (exact) mass is 258 g/mol. The van der Waals surface area contributed by atoms with E-state index in [9.17, 15) is 4.79 Å². The average molecular weight is 258 g/mol. The summed E-state index contributed by atoms with van der Waals surface area (Å²) in [4.78, 5) is 15.0. The van der Waals surface area contributed by atoms with Crippen LogP contribution in [0.15, 0.2) is 42.6 Å². The minimum atomic E-state index is -0.464. The average Bonchev–Trinajstić information content (AvgIpc) is 2.45. The maximum Gasteiger partial charge on any atom is 0.248 e. The molecule has 0 saturated heterocycles. The summed E-state index contributed by atoms with van der Waals surface area (Å²) in [6.45, 7) is 0.323. The Balaban J connectivity index is 2.04. The van der Waals surface area contributed by atoms with Gasteiger partial charge in [-0.05, 0) is 30.3 Å². The van der Waals surface area contributed by atoms with Crippen LogP contribution in [0, 0.1) is 0 Å². The predicted octanol–water partition coefficient (Wildman–Crippen LogP) is 1.05. The first kappa shape index (κ1) is 12.8. The molecule has 0 radical (unpaired) electrons.